The van der Waals surface area contributed by atoms with Crippen LogP contribution in [0.2, 0.25) is 0 Å². The van der Waals surface area contributed by atoms with Gasteiger partial charge in [-0.05, 0) is 24.1 Å². The van der Waals surface area contributed by atoms with Crippen molar-refractivity contribution >= 4 is 0 Å². The minimum atomic E-state index is -0.113. The molecule has 0 bridgehead atoms. The van der Waals surface area contributed by atoms with Crippen molar-refractivity contribution in [1.82, 2.24) is 0 Å². The number of aliphatic hydroxyl groups excluding tert-OH is 1. The summed E-state index contributed by atoms with van der Waals surface area (Å²) in [4.78, 5) is 0. The average Bonchev–Trinajstić information content (AvgIpc) is 2.83. The van der Waals surface area contributed by atoms with E-state index in [9.17, 15) is 5.11 Å². The zero-order valence-corrected chi connectivity index (χ0v) is 7.03. The van der Waals surface area contributed by atoms with E-state index in [1.807, 2.05) is 24.3 Å². The summed E-state index contributed by atoms with van der Waals surface area (Å²) in [7, 11) is 1.65. The summed E-state index contributed by atoms with van der Waals surface area (Å²) in [6.45, 7) is 0. The van der Waals surface area contributed by atoms with Gasteiger partial charge in [-0.25, -0.2) is 0 Å². The first-order valence-corrected chi connectivity index (χ1v) is 4.13. The van der Waals surface area contributed by atoms with Crippen molar-refractivity contribution in [2.45, 2.75) is 18.4 Å². The highest BCUT2D eigenvalue weighted by Crippen LogP contribution is 2.40. The molecule has 0 amide bonds. The van der Waals surface area contributed by atoms with Crippen LogP contribution in [0.3, 0.4) is 0 Å². The topological polar surface area (TPSA) is 29.5 Å². The van der Waals surface area contributed by atoms with Gasteiger partial charge < -0.3 is 9.84 Å². The molecule has 64 valence electrons. The first kappa shape index (κ1) is 7.62. The molecule has 1 aliphatic carbocycles. The number of aliphatic hydroxyl groups is 1. The van der Waals surface area contributed by atoms with E-state index in [1.165, 1.54) is 5.56 Å². The zero-order chi connectivity index (χ0) is 8.55. The van der Waals surface area contributed by atoms with E-state index in [-0.39, 0.29) is 6.10 Å². The SMILES string of the molecule is COc1ccc([C@H]2C[C@@H]2O)cc1. The second-order valence-corrected chi connectivity index (χ2v) is 3.18. The Bertz CT molecular complexity index is 266. The van der Waals surface area contributed by atoms with Crippen LogP contribution in [-0.2, 0) is 0 Å². The molecule has 2 atom stereocenters. The summed E-state index contributed by atoms with van der Waals surface area (Å²) < 4.78 is 5.03. The Morgan fingerprint density at radius 3 is 2.33 bits per heavy atom. The van der Waals surface area contributed by atoms with E-state index in [4.69, 9.17) is 4.74 Å². The number of ether oxygens (including phenoxy) is 1. The average molecular weight is 164 g/mol. The number of methoxy groups -OCH3 is 1. The summed E-state index contributed by atoms with van der Waals surface area (Å²) in [5.74, 6) is 1.24. The van der Waals surface area contributed by atoms with Crippen LogP contribution in [0.4, 0.5) is 0 Å². The molecule has 0 radical (unpaired) electrons. The van der Waals surface area contributed by atoms with E-state index < -0.39 is 0 Å². The number of hydrogen-bond acceptors (Lipinski definition) is 2. The highest BCUT2D eigenvalue weighted by atomic mass is 16.5. The fourth-order valence-electron chi connectivity index (χ4n) is 1.39. The third-order valence-corrected chi connectivity index (χ3v) is 2.30. The third-order valence-electron chi connectivity index (χ3n) is 2.30. The number of benzene rings is 1. The second kappa shape index (κ2) is 2.79. The lowest BCUT2D eigenvalue weighted by Crippen LogP contribution is -1.87. The number of rotatable bonds is 2. The lowest BCUT2D eigenvalue weighted by Gasteiger charge is -2.00. The molecule has 2 heteroatoms. The molecule has 2 nitrogen and oxygen atoms in total. The van der Waals surface area contributed by atoms with Gasteiger partial charge in [0, 0.05) is 5.92 Å². The van der Waals surface area contributed by atoms with Crippen molar-refractivity contribution < 1.29 is 9.84 Å². The van der Waals surface area contributed by atoms with Crippen LogP contribution in [0.1, 0.15) is 17.9 Å². The van der Waals surface area contributed by atoms with Crippen LogP contribution < -0.4 is 4.74 Å². The molecule has 0 spiro atoms. The van der Waals surface area contributed by atoms with Crippen LogP contribution in [0.25, 0.3) is 0 Å². The molecule has 1 aromatic rings. The molecular weight excluding hydrogens is 152 g/mol. The zero-order valence-electron chi connectivity index (χ0n) is 7.03. The Morgan fingerprint density at radius 2 is 1.92 bits per heavy atom. The van der Waals surface area contributed by atoms with Gasteiger partial charge in [0.2, 0.25) is 0 Å². The van der Waals surface area contributed by atoms with Gasteiger partial charge in [0.05, 0.1) is 13.2 Å². The molecule has 0 aromatic heterocycles. The molecule has 1 aromatic carbocycles. The highest BCUT2D eigenvalue weighted by molar-refractivity contribution is 5.32. The normalized spacial score (nSPS) is 26.8. The van der Waals surface area contributed by atoms with Crippen molar-refractivity contribution in [3.8, 4) is 5.75 Å². The van der Waals surface area contributed by atoms with E-state index >= 15 is 0 Å². The first-order valence-electron chi connectivity index (χ1n) is 4.13. The molecule has 2 rings (SSSR count). The second-order valence-electron chi connectivity index (χ2n) is 3.18. The summed E-state index contributed by atoms with van der Waals surface area (Å²) in [5, 5.41) is 9.18. The van der Waals surface area contributed by atoms with Gasteiger partial charge in [-0.1, -0.05) is 12.1 Å². The number of hydrogen-bond donors (Lipinski definition) is 1. The van der Waals surface area contributed by atoms with E-state index in [2.05, 4.69) is 0 Å². The molecular formula is C10H12O2. The van der Waals surface area contributed by atoms with Crippen molar-refractivity contribution in [3.63, 3.8) is 0 Å². The monoisotopic (exact) mass is 164 g/mol. The largest absolute Gasteiger partial charge is 0.497 e. The van der Waals surface area contributed by atoms with Gasteiger partial charge in [-0.3, -0.25) is 0 Å². The Morgan fingerprint density at radius 1 is 1.33 bits per heavy atom. The molecule has 0 saturated heterocycles. The maximum atomic E-state index is 9.18. The Labute approximate surface area is 71.8 Å². The fraction of sp³-hybridized carbons (Fsp3) is 0.400. The molecule has 1 fully saturated rings. The lowest BCUT2D eigenvalue weighted by atomic mass is 10.1. The van der Waals surface area contributed by atoms with Crippen molar-refractivity contribution in [1.29, 1.82) is 0 Å². The fourth-order valence-corrected chi connectivity index (χ4v) is 1.39. The maximum absolute atomic E-state index is 9.18. The summed E-state index contributed by atoms with van der Waals surface area (Å²) >= 11 is 0. The summed E-state index contributed by atoms with van der Waals surface area (Å²) in [6, 6.07) is 7.89. The van der Waals surface area contributed by atoms with Gasteiger partial charge in [0.15, 0.2) is 0 Å². The molecule has 1 saturated carbocycles. The van der Waals surface area contributed by atoms with Crippen LogP contribution >= 0.6 is 0 Å². The van der Waals surface area contributed by atoms with Crippen LogP contribution in [0.5, 0.6) is 5.75 Å². The Balaban J connectivity index is 2.14. The molecule has 0 aliphatic heterocycles. The Hall–Kier alpha value is -1.02. The lowest BCUT2D eigenvalue weighted by molar-refractivity contribution is 0.271. The smallest absolute Gasteiger partial charge is 0.118 e. The van der Waals surface area contributed by atoms with Crippen LogP contribution in [-0.4, -0.2) is 18.3 Å². The summed E-state index contributed by atoms with van der Waals surface area (Å²) in [5.41, 5.74) is 1.21. The maximum Gasteiger partial charge on any atom is 0.118 e. The Kier molecular flexibility index (Phi) is 1.77. The first-order chi connectivity index (χ1) is 5.81. The molecule has 0 unspecified atom stereocenters. The quantitative estimate of drug-likeness (QED) is 0.718. The minimum Gasteiger partial charge on any atom is -0.497 e. The minimum absolute atomic E-state index is 0.113. The highest BCUT2D eigenvalue weighted by Gasteiger charge is 2.36. The van der Waals surface area contributed by atoms with E-state index in [0.717, 1.165) is 12.2 Å². The third kappa shape index (κ3) is 1.30. The predicted molar refractivity (Wildman–Crippen MR) is 46.4 cm³/mol. The van der Waals surface area contributed by atoms with E-state index in [0.29, 0.717) is 5.92 Å². The van der Waals surface area contributed by atoms with Crippen molar-refractivity contribution in [2.75, 3.05) is 7.11 Å². The molecule has 12 heavy (non-hydrogen) atoms. The van der Waals surface area contributed by atoms with Gasteiger partial charge in [-0.15, -0.1) is 0 Å². The summed E-state index contributed by atoms with van der Waals surface area (Å²) in [6.07, 6.45) is 0.796. The van der Waals surface area contributed by atoms with Crippen molar-refractivity contribution in [2.24, 2.45) is 0 Å². The van der Waals surface area contributed by atoms with Gasteiger partial charge in [0.1, 0.15) is 5.75 Å². The van der Waals surface area contributed by atoms with E-state index in [1.54, 1.807) is 7.11 Å². The van der Waals surface area contributed by atoms with Gasteiger partial charge in [-0.2, -0.15) is 0 Å². The predicted octanol–water partition coefficient (Wildman–Crippen LogP) is 1.54. The molecule has 1 aliphatic rings. The van der Waals surface area contributed by atoms with Crippen LogP contribution in [0, 0.1) is 0 Å². The van der Waals surface area contributed by atoms with Gasteiger partial charge >= 0.3 is 0 Å². The van der Waals surface area contributed by atoms with Crippen LogP contribution in [0.15, 0.2) is 24.3 Å². The standard InChI is InChI=1S/C10H12O2/c1-12-8-4-2-7(3-5-8)9-6-10(9)11/h2-5,9-11H,6H2,1H3/t9-,10+/m1/s1. The van der Waals surface area contributed by atoms with Gasteiger partial charge in [0.25, 0.3) is 0 Å². The molecule has 0 heterocycles. The molecule has 1 N–H and O–H groups in total. The van der Waals surface area contributed by atoms with Crippen molar-refractivity contribution in [3.05, 3.63) is 29.8 Å².